The first-order chi connectivity index (χ1) is 10.1. The van der Waals surface area contributed by atoms with Gasteiger partial charge in [0.1, 0.15) is 6.04 Å². The van der Waals surface area contributed by atoms with Gasteiger partial charge in [-0.25, -0.2) is 0 Å². The Labute approximate surface area is 129 Å². The van der Waals surface area contributed by atoms with Gasteiger partial charge in [0.15, 0.2) is 0 Å². The van der Waals surface area contributed by atoms with Crippen LogP contribution in [0.15, 0.2) is 0 Å². The number of aliphatic carboxylic acids is 1. The number of β-amino-alcohol motifs (C(OH)–C–C–N with tert-alkyl or cyclic N) is 1. The lowest BCUT2D eigenvalue weighted by molar-refractivity contribution is -0.142. The monoisotopic (exact) mass is 299 g/mol. The van der Waals surface area contributed by atoms with Crippen molar-refractivity contribution in [2.75, 3.05) is 13.1 Å². The molecule has 21 heavy (non-hydrogen) atoms. The van der Waals surface area contributed by atoms with E-state index in [-0.39, 0.29) is 0 Å². The van der Waals surface area contributed by atoms with Crippen molar-refractivity contribution in [3.05, 3.63) is 0 Å². The summed E-state index contributed by atoms with van der Waals surface area (Å²) >= 11 is 0. The maximum atomic E-state index is 11.1. The third-order valence-corrected chi connectivity index (χ3v) is 4.47. The van der Waals surface area contributed by atoms with E-state index in [1.54, 1.807) is 0 Å². The fourth-order valence-electron chi connectivity index (χ4n) is 3.19. The summed E-state index contributed by atoms with van der Waals surface area (Å²) in [5.41, 5.74) is 0. The summed E-state index contributed by atoms with van der Waals surface area (Å²) in [6.45, 7) is 3.58. The van der Waals surface area contributed by atoms with E-state index in [1.165, 1.54) is 57.8 Å². The van der Waals surface area contributed by atoms with Crippen LogP contribution in [0.4, 0.5) is 0 Å². The van der Waals surface area contributed by atoms with Gasteiger partial charge in [-0.3, -0.25) is 9.69 Å². The van der Waals surface area contributed by atoms with E-state index < -0.39 is 18.1 Å². The van der Waals surface area contributed by atoms with E-state index in [4.69, 9.17) is 5.11 Å². The molecule has 0 aromatic carbocycles. The topological polar surface area (TPSA) is 60.8 Å². The van der Waals surface area contributed by atoms with Crippen molar-refractivity contribution in [1.82, 2.24) is 4.90 Å². The van der Waals surface area contributed by atoms with Crippen LogP contribution in [0, 0.1) is 0 Å². The van der Waals surface area contributed by atoms with Crippen molar-refractivity contribution in [1.29, 1.82) is 0 Å². The highest BCUT2D eigenvalue weighted by Gasteiger charge is 2.35. The van der Waals surface area contributed by atoms with E-state index in [0.29, 0.717) is 13.0 Å². The summed E-state index contributed by atoms with van der Waals surface area (Å²) in [6, 6.07) is -0.474. The molecule has 0 saturated carbocycles. The minimum atomic E-state index is -0.793. The Hall–Kier alpha value is -0.610. The SMILES string of the molecule is CCCCCCCCCCCCN1CC(O)C[C@H]1C(=O)O. The minimum absolute atomic E-state index is 0.382. The van der Waals surface area contributed by atoms with Crippen LogP contribution in [0.2, 0.25) is 0 Å². The largest absolute Gasteiger partial charge is 0.480 e. The van der Waals surface area contributed by atoms with E-state index in [2.05, 4.69) is 6.92 Å². The molecule has 1 fully saturated rings. The zero-order chi connectivity index (χ0) is 15.5. The van der Waals surface area contributed by atoms with Crippen LogP contribution in [-0.4, -0.2) is 46.3 Å². The van der Waals surface area contributed by atoms with Gasteiger partial charge < -0.3 is 10.2 Å². The number of hydrogen-bond acceptors (Lipinski definition) is 3. The molecule has 2 N–H and O–H groups in total. The van der Waals surface area contributed by atoms with Gasteiger partial charge in [0.05, 0.1) is 6.10 Å². The molecule has 1 unspecified atom stereocenters. The summed E-state index contributed by atoms with van der Waals surface area (Å²) in [4.78, 5) is 13.0. The molecule has 1 aliphatic rings. The van der Waals surface area contributed by atoms with Crippen molar-refractivity contribution < 1.29 is 15.0 Å². The van der Waals surface area contributed by atoms with Crippen LogP contribution in [-0.2, 0) is 4.79 Å². The van der Waals surface area contributed by atoms with Crippen molar-refractivity contribution in [3.8, 4) is 0 Å². The number of aliphatic hydroxyl groups is 1. The zero-order valence-electron chi connectivity index (χ0n) is 13.6. The number of carbonyl (C=O) groups is 1. The highest BCUT2D eigenvalue weighted by atomic mass is 16.4. The van der Waals surface area contributed by atoms with E-state index in [0.717, 1.165) is 13.0 Å². The average Bonchev–Trinajstić information content (AvgIpc) is 2.82. The fourth-order valence-corrected chi connectivity index (χ4v) is 3.19. The number of aliphatic hydroxyl groups excluding tert-OH is 1. The number of hydrogen-bond donors (Lipinski definition) is 2. The van der Waals surface area contributed by atoms with Crippen LogP contribution in [0.1, 0.15) is 77.6 Å². The Kier molecular flexibility index (Phi) is 9.68. The van der Waals surface area contributed by atoms with Crippen molar-refractivity contribution >= 4 is 5.97 Å². The normalized spacial score (nSPS) is 22.8. The number of carboxylic acids is 1. The Balaban J connectivity index is 1.95. The number of carboxylic acid groups (broad SMARTS) is 1. The molecule has 0 amide bonds. The molecule has 0 aromatic heterocycles. The standard InChI is InChI=1S/C17H33NO3/c1-2-3-4-5-6-7-8-9-10-11-12-18-14-15(19)13-16(18)17(20)21/h15-16,19H,2-14H2,1H3,(H,20,21)/t15?,16-/m0/s1. The predicted molar refractivity (Wildman–Crippen MR) is 85.5 cm³/mol. The lowest BCUT2D eigenvalue weighted by atomic mass is 10.1. The third-order valence-electron chi connectivity index (χ3n) is 4.47. The number of likely N-dealkylation sites (tertiary alicyclic amines) is 1. The molecule has 2 atom stereocenters. The first-order valence-electron chi connectivity index (χ1n) is 8.80. The molecule has 0 aliphatic carbocycles. The van der Waals surface area contributed by atoms with Gasteiger partial charge >= 0.3 is 5.97 Å². The molecule has 4 heteroatoms. The summed E-state index contributed by atoms with van der Waals surface area (Å²) in [5, 5.41) is 18.7. The Bertz CT molecular complexity index is 283. The molecule has 124 valence electrons. The van der Waals surface area contributed by atoms with E-state index in [1.807, 2.05) is 4.90 Å². The summed E-state index contributed by atoms with van der Waals surface area (Å²) < 4.78 is 0. The van der Waals surface area contributed by atoms with E-state index in [9.17, 15) is 9.90 Å². The molecular weight excluding hydrogens is 266 g/mol. The average molecular weight is 299 g/mol. The smallest absolute Gasteiger partial charge is 0.321 e. The molecule has 1 rings (SSSR count). The molecule has 1 aliphatic heterocycles. The van der Waals surface area contributed by atoms with Gasteiger partial charge in [-0.15, -0.1) is 0 Å². The van der Waals surface area contributed by atoms with Crippen LogP contribution >= 0.6 is 0 Å². The van der Waals surface area contributed by atoms with Crippen molar-refractivity contribution in [3.63, 3.8) is 0 Å². The maximum Gasteiger partial charge on any atom is 0.321 e. The van der Waals surface area contributed by atoms with Gasteiger partial charge in [0.2, 0.25) is 0 Å². The molecule has 0 aromatic rings. The molecule has 0 spiro atoms. The highest BCUT2D eigenvalue weighted by molar-refractivity contribution is 5.74. The van der Waals surface area contributed by atoms with E-state index >= 15 is 0 Å². The summed E-state index contributed by atoms with van der Waals surface area (Å²) in [6.07, 6.45) is 12.8. The number of rotatable bonds is 12. The lowest BCUT2D eigenvalue weighted by Gasteiger charge is -2.20. The summed E-state index contributed by atoms with van der Waals surface area (Å²) in [5.74, 6) is -0.793. The molecule has 4 nitrogen and oxygen atoms in total. The Morgan fingerprint density at radius 1 is 1.00 bits per heavy atom. The Morgan fingerprint density at radius 3 is 2.05 bits per heavy atom. The summed E-state index contributed by atoms with van der Waals surface area (Å²) in [7, 11) is 0. The third kappa shape index (κ3) is 7.82. The first kappa shape index (κ1) is 18.4. The molecule has 1 heterocycles. The first-order valence-corrected chi connectivity index (χ1v) is 8.80. The number of unbranched alkanes of at least 4 members (excludes halogenated alkanes) is 9. The Morgan fingerprint density at radius 2 is 1.52 bits per heavy atom. The van der Waals surface area contributed by atoms with Crippen molar-refractivity contribution in [2.45, 2.75) is 89.7 Å². The van der Waals surface area contributed by atoms with Gasteiger partial charge in [0, 0.05) is 13.0 Å². The fraction of sp³-hybridized carbons (Fsp3) is 0.941. The lowest BCUT2D eigenvalue weighted by Crippen LogP contribution is -2.36. The number of nitrogens with zero attached hydrogens (tertiary/aromatic N) is 1. The van der Waals surface area contributed by atoms with Crippen LogP contribution in [0.25, 0.3) is 0 Å². The van der Waals surface area contributed by atoms with Gasteiger partial charge in [-0.05, 0) is 13.0 Å². The zero-order valence-corrected chi connectivity index (χ0v) is 13.6. The quantitative estimate of drug-likeness (QED) is 0.542. The van der Waals surface area contributed by atoms with Gasteiger partial charge in [0.25, 0.3) is 0 Å². The predicted octanol–water partition coefficient (Wildman–Crippen LogP) is 3.43. The maximum absolute atomic E-state index is 11.1. The molecular formula is C17H33NO3. The van der Waals surface area contributed by atoms with Crippen LogP contribution in [0.5, 0.6) is 0 Å². The van der Waals surface area contributed by atoms with Crippen LogP contribution < -0.4 is 0 Å². The molecule has 0 radical (unpaired) electrons. The van der Waals surface area contributed by atoms with Crippen LogP contribution in [0.3, 0.4) is 0 Å². The second kappa shape index (κ2) is 11.0. The molecule has 0 bridgehead atoms. The van der Waals surface area contributed by atoms with Gasteiger partial charge in [-0.1, -0.05) is 64.7 Å². The second-order valence-corrected chi connectivity index (χ2v) is 6.42. The minimum Gasteiger partial charge on any atom is -0.480 e. The second-order valence-electron chi connectivity index (χ2n) is 6.42. The highest BCUT2D eigenvalue weighted by Crippen LogP contribution is 2.19. The molecule has 1 saturated heterocycles. The van der Waals surface area contributed by atoms with Gasteiger partial charge in [-0.2, -0.15) is 0 Å². The van der Waals surface area contributed by atoms with Crippen molar-refractivity contribution in [2.24, 2.45) is 0 Å².